The highest BCUT2D eigenvalue weighted by Gasteiger charge is 2.42. The van der Waals surface area contributed by atoms with Crippen LogP contribution < -0.4 is 0 Å². The number of carbonyl (C=O) groups excluding carboxylic acids is 3. The molecule has 0 aromatic carbocycles. The second kappa shape index (κ2) is 12.2. The van der Waals surface area contributed by atoms with Crippen LogP contribution in [0.3, 0.4) is 0 Å². The van der Waals surface area contributed by atoms with E-state index in [0.29, 0.717) is 58.9 Å². The zero-order valence-corrected chi connectivity index (χ0v) is 17.3. The molecule has 3 saturated heterocycles. The van der Waals surface area contributed by atoms with Gasteiger partial charge in [0.2, 0.25) is 0 Å². The van der Waals surface area contributed by atoms with E-state index in [1.165, 1.54) is 0 Å². The van der Waals surface area contributed by atoms with Crippen molar-refractivity contribution in [3.8, 4) is 0 Å². The maximum Gasteiger partial charge on any atom is 0.308 e. The molecule has 3 aliphatic heterocycles. The van der Waals surface area contributed by atoms with E-state index in [-0.39, 0.29) is 42.8 Å². The molecule has 29 heavy (non-hydrogen) atoms. The molecule has 0 aromatic heterocycles. The Labute approximate surface area is 171 Å². The molecular formula is C20H32O9. The smallest absolute Gasteiger partial charge is 0.308 e. The first-order valence-electron chi connectivity index (χ1n) is 10.3. The lowest BCUT2D eigenvalue weighted by atomic mass is 10.00. The van der Waals surface area contributed by atoms with Crippen LogP contribution in [0.15, 0.2) is 0 Å². The first-order chi connectivity index (χ1) is 14.0. The molecule has 3 rings (SSSR count). The number of ether oxygens (including phenoxy) is 6. The monoisotopic (exact) mass is 416 g/mol. The molecule has 2 atom stereocenters. The molecule has 2 unspecified atom stereocenters. The lowest BCUT2D eigenvalue weighted by Crippen LogP contribution is -2.42. The summed E-state index contributed by atoms with van der Waals surface area (Å²) in [6, 6.07) is 0. The molecule has 3 aliphatic rings. The van der Waals surface area contributed by atoms with Gasteiger partial charge in [-0.1, -0.05) is 0 Å². The van der Waals surface area contributed by atoms with E-state index < -0.39 is 5.79 Å². The van der Waals surface area contributed by atoms with Gasteiger partial charge in [-0.15, -0.1) is 0 Å². The van der Waals surface area contributed by atoms with Crippen molar-refractivity contribution in [1.29, 1.82) is 0 Å². The van der Waals surface area contributed by atoms with Gasteiger partial charge in [-0.3, -0.25) is 14.4 Å². The average Bonchev–Trinajstić information content (AvgIpc) is 3.10. The van der Waals surface area contributed by atoms with Gasteiger partial charge in [0.1, 0.15) is 5.78 Å². The van der Waals surface area contributed by atoms with Crippen molar-refractivity contribution in [1.82, 2.24) is 0 Å². The lowest BCUT2D eigenvalue weighted by molar-refractivity contribution is -0.222. The van der Waals surface area contributed by atoms with Gasteiger partial charge in [0.15, 0.2) is 5.79 Å². The highest BCUT2D eigenvalue weighted by molar-refractivity contribution is 5.80. The van der Waals surface area contributed by atoms with E-state index in [0.717, 1.165) is 6.42 Å². The summed E-state index contributed by atoms with van der Waals surface area (Å²) in [5.41, 5.74) is 0. The minimum atomic E-state index is -0.505. The van der Waals surface area contributed by atoms with Gasteiger partial charge >= 0.3 is 11.9 Å². The minimum Gasteiger partial charge on any atom is -0.466 e. The van der Waals surface area contributed by atoms with Crippen LogP contribution in [0.5, 0.6) is 0 Å². The van der Waals surface area contributed by atoms with Gasteiger partial charge in [-0.05, 0) is 13.8 Å². The van der Waals surface area contributed by atoms with Crippen molar-refractivity contribution >= 4 is 17.7 Å². The fraction of sp³-hybridized carbons (Fsp3) is 0.850. The Bertz CT molecular complexity index is 542. The van der Waals surface area contributed by atoms with Gasteiger partial charge in [0.05, 0.1) is 64.7 Å². The number of hydrogen-bond donors (Lipinski definition) is 0. The summed E-state index contributed by atoms with van der Waals surface area (Å²) in [4.78, 5) is 33.3. The molecule has 1 spiro atoms. The topological polar surface area (TPSA) is 107 Å². The summed E-state index contributed by atoms with van der Waals surface area (Å²) in [5, 5.41) is 0. The largest absolute Gasteiger partial charge is 0.466 e. The standard InChI is InChI=1S/C11H18O5.C9H14O4/c1-2-13-10(12)7-9-8-11(3-4-14-9)15-5-6-16-11;1-2-12-9(11)6-8-5-7(10)3-4-13-8/h9H,2-8H2,1H3;8H,2-6H2,1H3. The predicted molar refractivity (Wildman–Crippen MR) is 100 cm³/mol. The van der Waals surface area contributed by atoms with Crippen molar-refractivity contribution in [2.45, 2.75) is 70.4 Å². The van der Waals surface area contributed by atoms with Crippen LogP contribution in [-0.4, -0.2) is 75.4 Å². The van der Waals surface area contributed by atoms with E-state index in [1.807, 2.05) is 0 Å². The van der Waals surface area contributed by atoms with Crippen molar-refractivity contribution in [3.05, 3.63) is 0 Å². The third-order valence-corrected chi connectivity index (χ3v) is 4.78. The number of esters is 2. The SMILES string of the molecule is CCOC(=O)CC1CC(=O)CCO1.CCOC(=O)CC1CC2(CCO1)OCCO2. The molecule has 3 heterocycles. The summed E-state index contributed by atoms with van der Waals surface area (Å²) in [6.45, 7) is 6.60. The Morgan fingerprint density at radius 3 is 2.10 bits per heavy atom. The minimum absolute atomic E-state index is 0.147. The summed E-state index contributed by atoms with van der Waals surface area (Å²) in [7, 11) is 0. The van der Waals surface area contributed by atoms with E-state index >= 15 is 0 Å². The van der Waals surface area contributed by atoms with Crippen LogP contribution in [0, 0.1) is 0 Å². The molecular weight excluding hydrogens is 384 g/mol. The number of Topliss-reactive ketones (excluding diaryl/α,β-unsaturated/α-hetero) is 1. The molecule has 0 aliphatic carbocycles. The van der Waals surface area contributed by atoms with Gasteiger partial charge in [0, 0.05) is 25.7 Å². The van der Waals surface area contributed by atoms with E-state index in [2.05, 4.69) is 0 Å². The van der Waals surface area contributed by atoms with Crippen molar-refractivity contribution in [2.24, 2.45) is 0 Å². The van der Waals surface area contributed by atoms with Crippen LogP contribution in [0.2, 0.25) is 0 Å². The number of hydrogen-bond acceptors (Lipinski definition) is 9. The molecule has 9 heteroatoms. The Morgan fingerprint density at radius 1 is 0.931 bits per heavy atom. The molecule has 0 radical (unpaired) electrons. The van der Waals surface area contributed by atoms with E-state index in [1.54, 1.807) is 13.8 Å². The first-order valence-corrected chi connectivity index (χ1v) is 10.3. The molecule has 9 nitrogen and oxygen atoms in total. The quantitative estimate of drug-likeness (QED) is 0.596. The van der Waals surface area contributed by atoms with E-state index in [4.69, 9.17) is 28.4 Å². The average molecular weight is 416 g/mol. The van der Waals surface area contributed by atoms with Gasteiger partial charge in [-0.2, -0.15) is 0 Å². The third kappa shape index (κ3) is 8.38. The second-order valence-electron chi connectivity index (χ2n) is 7.06. The van der Waals surface area contributed by atoms with Crippen LogP contribution >= 0.6 is 0 Å². The zero-order chi connectivity index (χ0) is 21.1. The van der Waals surface area contributed by atoms with E-state index in [9.17, 15) is 14.4 Å². The molecule has 0 aromatic rings. The summed E-state index contributed by atoms with van der Waals surface area (Å²) in [5.74, 6) is -0.847. The fourth-order valence-electron chi connectivity index (χ4n) is 3.48. The number of rotatable bonds is 6. The van der Waals surface area contributed by atoms with Gasteiger partial charge < -0.3 is 28.4 Å². The molecule has 3 fully saturated rings. The van der Waals surface area contributed by atoms with Crippen molar-refractivity contribution < 1.29 is 42.8 Å². The van der Waals surface area contributed by atoms with Crippen LogP contribution in [0.4, 0.5) is 0 Å². The van der Waals surface area contributed by atoms with Gasteiger partial charge in [-0.25, -0.2) is 0 Å². The fourth-order valence-corrected chi connectivity index (χ4v) is 3.48. The summed E-state index contributed by atoms with van der Waals surface area (Å²) >= 11 is 0. The zero-order valence-electron chi connectivity index (χ0n) is 17.3. The predicted octanol–water partition coefficient (Wildman–Crippen LogP) is 1.55. The van der Waals surface area contributed by atoms with Gasteiger partial charge in [0.25, 0.3) is 0 Å². The third-order valence-electron chi connectivity index (χ3n) is 4.78. The number of ketones is 1. The molecule has 0 amide bonds. The van der Waals surface area contributed by atoms with Crippen LogP contribution in [0.25, 0.3) is 0 Å². The Balaban J connectivity index is 0.000000212. The Morgan fingerprint density at radius 2 is 1.52 bits per heavy atom. The molecule has 0 N–H and O–H groups in total. The highest BCUT2D eigenvalue weighted by atomic mass is 16.7. The highest BCUT2D eigenvalue weighted by Crippen LogP contribution is 2.34. The number of carbonyl (C=O) groups is 3. The summed E-state index contributed by atoms with van der Waals surface area (Å²) in [6.07, 6.45) is 2.24. The molecule has 0 saturated carbocycles. The Hall–Kier alpha value is -1.55. The Kier molecular flexibility index (Phi) is 9.99. The molecule has 166 valence electrons. The second-order valence-corrected chi connectivity index (χ2v) is 7.06. The van der Waals surface area contributed by atoms with Crippen LogP contribution in [0.1, 0.15) is 52.4 Å². The molecule has 0 bridgehead atoms. The maximum atomic E-state index is 11.3. The maximum absolute atomic E-state index is 11.3. The first kappa shape index (κ1) is 23.7. The summed E-state index contributed by atoms with van der Waals surface area (Å²) < 4.78 is 31.6. The van der Waals surface area contributed by atoms with Crippen LogP contribution in [-0.2, 0) is 42.8 Å². The normalized spacial score (nSPS) is 25.8. The van der Waals surface area contributed by atoms with Crippen molar-refractivity contribution in [2.75, 3.05) is 39.6 Å². The van der Waals surface area contributed by atoms with Crippen molar-refractivity contribution in [3.63, 3.8) is 0 Å². The lowest BCUT2D eigenvalue weighted by Gasteiger charge is -2.35.